The molecule has 0 bridgehead atoms. The Morgan fingerprint density at radius 2 is 2.15 bits per heavy atom. The van der Waals surface area contributed by atoms with Gasteiger partial charge in [0.15, 0.2) is 0 Å². The lowest BCUT2D eigenvalue weighted by Crippen LogP contribution is -2.39. The van der Waals surface area contributed by atoms with Crippen molar-refractivity contribution in [2.75, 3.05) is 26.2 Å². The molecule has 1 atom stereocenters. The molecule has 2 rings (SSSR count). The molecule has 2 N–H and O–H groups in total. The summed E-state index contributed by atoms with van der Waals surface area (Å²) in [6.45, 7) is 4.88. The first kappa shape index (κ1) is 15.0. The highest BCUT2D eigenvalue weighted by Gasteiger charge is 2.20. The fourth-order valence-electron chi connectivity index (χ4n) is 2.57. The van der Waals surface area contributed by atoms with E-state index < -0.39 is 0 Å². The SMILES string of the molecule is Cc1ccc(CCN(CC(N)=O)C[C@H]2CCCO2)cc1. The Balaban J connectivity index is 1.85. The second-order valence-corrected chi connectivity index (χ2v) is 5.57. The highest BCUT2D eigenvalue weighted by atomic mass is 16.5. The van der Waals surface area contributed by atoms with Crippen LogP contribution in [0.5, 0.6) is 0 Å². The maximum Gasteiger partial charge on any atom is 0.231 e. The summed E-state index contributed by atoms with van der Waals surface area (Å²) in [5.74, 6) is -0.271. The lowest BCUT2D eigenvalue weighted by atomic mass is 10.1. The van der Waals surface area contributed by atoms with Crippen molar-refractivity contribution < 1.29 is 9.53 Å². The number of hydrogen-bond acceptors (Lipinski definition) is 3. The third-order valence-corrected chi connectivity index (χ3v) is 3.70. The van der Waals surface area contributed by atoms with E-state index >= 15 is 0 Å². The van der Waals surface area contributed by atoms with E-state index in [0.717, 1.165) is 39.0 Å². The van der Waals surface area contributed by atoms with Gasteiger partial charge in [0.2, 0.25) is 5.91 Å². The molecule has 0 aromatic heterocycles. The number of nitrogens with zero attached hydrogens (tertiary/aromatic N) is 1. The number of hydrogen-bond donors (Lipinski definition) is 1. The summed E-state index contributed by atoms with van der Waals surface area (Å²) in [4.78, 5) is 13.3. The van der Waals surface area contributed by atoms with Crippen LogP contribution in [0.3, 0.4) is 0 Å². The molecule has 4 heteroatoms. The second-order valence-electron chi connectivity index (χ2n) is 5.57. The molecule has 0 aliphatic carbocycles. The fourth-order valence-corrected chi connectivity index (χ4v) is 2.57. The predicted molar refractivity (Wildman–Crippen MR) is 79.5 cm³/mol. The van der Waals surface area contributed by atoms with Crippen molar-refractivity contribution in [3.63, 3.8) is 0 Å². The monoisotopic (exact) mass is 276 g/mol. The quantitative estimate of drug-likeness (QED) is 0.821. The minimum atomic E-state index is -0.271. The average Bonchev–Trinajstić information content (AvgIpc) is 2.90. The molecule has 0 saturated carbocycles. The molecule has 0 radical (unpaired) electrons. The van der Waals surface area contributed by atoms with Crippen LogP contribution in [0.4, 0.5) is 0 Å². The maximum atomic E-state index is 11.2. The minimum absolute atomic E-state index is 0.257. The number of ether oxygens (including phenoxy) is 1. The van der Waals surface area contributed by atoms with Gasteiger partial charge in [0.05, 0.1) is 12.6 Å². The zero-order chi connectivity index (χ0) is 14.4. The van der Waals surface area contributed by atoms with E-state index in [4.69, 9.17) is 10.5 Å². The normalized spacial score (nSPS) is 18.6. The van der Waals surface area contributed by atoms with Crippen molar-refractivity contribution in [2.45, 2.75) is 32.3 Å². The second kappa shape index (κ2) is 7.41. The molecule has 1 aliphatic heterocycles. The molecule has 1 amide bonds. The lowest BCUT2D eigenvalue weighted by Gasteiger charge is -2.23. The van der Waals surface area contributed by atoms with Crippen molar-refractivity contribution in [3.05, 3.63) is 35.4 Å². The summed E-state index contributed by atoms with van der Waals surface area (Å²) in [7, 11) is 0. The van der Waals surface area contributed by atoms with Crippen LogP contribution in [0, 0.1) is 6.92 Å². The Morgan fingerprint density at radius 3 is 2.75 bits per heavy atom. The van der Waals surface area contributed by atoms with Crippen molar-refractivity contribution in [3.8, 4) is 0 Å². The van der Waals surface area contributed by atoms with E-state index in [1.165, 1.54) is 11.1 Å². The van der Waals surface area contributed by atoms with Crippen LogP contribution in [0.25, 0.3) is 0 Å². The molecule has 1 fully saturated rings. The van der Waals surface area contributed by atoms with Crippen LogP contribution < -0.4 is 5.73 Å². The van der Waals surface area contributed by atoms with Gasteiger partial charge in [-0.15, -0.1) is 0 Å². The summed E-state index contributed by atoms with van der Waals surface area (Å²) >= 11 is 0. The van der Waals surface area contributed by atoms with Gasteiger partial charge in [0, 0.05) is 19.7 Å². The highest BCUT2D eigenvalue weighted by molar-refractivity contribution is 5.75. The Morgan fingerprint density at radius 1 is 1.40 bits per heavy atom. The van der Waals surface area contributed by atoms with Crippen molar-refractivity contribution in [1.29, 1.82) is 0 Å². The van der Waals surface area contributed by atoms with Crippen molar-refractivity contribution >= 4 is 5.91 Å². The topological polar surface area (TPSA) is 55.6 Å². The van der Waals surface area contributed by atoms with Gasteiger partial charge in [-0.25, -0.2) is 0 Å². The standard InChI is InChI=1S/C16H24N2O2/c1-13-4-6-14(7-5-13)8-9-18(12-16(17)19)11-15-3-2-10-20-15/h4-7,15H,2-3,8-12H2,1H3,(H2,17,19)/t15-/m1/s1. The first-order chi connectivity index (χ1) is 9.63. The molecule has 4 nitrogen and oxygen atoms in total. The number of carbonyl (C=O) groups excluding carboxylic acids is 1. The van der Waals surface area contributed by atoms with Gasteiger partial charge in [0.25, 0.3) is 0 Å². The summed E-state index contributed by atoms with van der Waals surface area (Å²) in [5.41, 5.74) is 7.89. The van der Waals surface area contributed by atoms with Crippen molar-refractivity contribution in [2.24, 2.45) is 5.73 Å². The first-order valence-electron chi connectivity index (χ1n) is 7.31. The molecule has 110 valence electrons. The van der Waals surface area contributed by atoms with Gasteiger partial charge in [-0.1, -0.05) is 29.8 Å². The van der Waals surface area contributed by atoms with Gasteiger partial charge in [-0.3, -0.25) is 9.69 Å². The first-order valence-corrected chi connectivity index (χ1v) is 7.31. The Labute approximate surface area is 120 Å². The summed E-state index contributed by atoms with van der Waals surface area (Å²) < 4.78 is 5.64. The molecule has 0 spiro atoms. The van der Waals surface area contributed by atoms with Gasteiger partial charge >= 0.3 is 0 Å². The Kier molecular flexibility index (Phi) is 5.56. The molecular weight excluding hydrogens is 252 g/mol. The highest BCUT2D eigenvalue weighted by Crippen LogP contribution is 2.14. The Hall–Kier alpha value is -1.39. The van der Waals surface area contributed by atoms with Crippen molar-refractivity contribution in [1.82, 2.24) is 4.90 Å². The molecule has 1 aromatic carbocycles. The summed E-state index contributed by atoms with van der Waals surface area (Å²) in [6.07, 6.45) is 3.39. The zero-order valence-electron chi connectivity index (χ0n) is 12.2. The fraction of sp³-hybridized carbons (Fsp3) is 0.562. The molecule has 0 unspecified atom stereocenters. The van der Waals surface area contributed by atoms with Crippen LogP contribution in [0.15, 0.2) is 24.3 Å². The molecular formula is C16H24N2O2. The van der Waals surface area contributed by atoms with E-state index in [1.54, 1.807) is 0 Å². The molecule has 1 heterocycles. The van der Waals surface area contributed by atoms with Crippen LogP contribution in [-0.2, 0) is 16.0 Å². The summed E-state index contributed by atoms with van der Waals surface area (Å²) in [6, 6.07) is 8.52. The number of benzene rings is 1. The third-order valence-electron chi connectivity index (χ3n) is 3.70. The van der Waals surface area contributed by atoms with Gasteiger partial charge < -0.3 is 10.5 Å². The van der Waals surface area contributed by atoms with E-state index in [2.05, 4.69) is 36.1 Å². The van der Waals surface area contributed by atoms with E-state index in [0.29, 0.717) is 6.54 Å². The minimum Gasteiger partial charge on any atom is -0.377 e. The van der Waals surface area contributed by atoms with Crippen LogP contribution in [0.2, 0.25) is 0 Å². The predicted octanol–water partition coefficient (Wildman–Crippen LogP) is 1.50. The number of rotatable bonds is 7. The zero-order valence-corrected chi connectivity index (χ0v) is 12.2. The number of carbonyl (C=O) groups is 1. The molecule has 1 aromatic rings. The van der Waals surface area contributed by atoms with Crippen LogP contribution in [0.1, 0.15) is 24.0 Å². The number of amides is 1. The molecule has 20 heavy (non-hydrogen) atoms. The average molecular weight is 276 g/mol. The van der Waals surface area contributed by atoms with Crippen LogP contribution >= 0.6 is 0 Å². The van der Waals surface area contributed by atoms with E-state index in [-0.39, 0.29) is 12.0 Å². The Bertz CT molecular complexity index is 425. The number of nitrogens with two attached hydrogens (primary N) is 1. The van der Waals surface area contributed by atoms with Gasteiger partial charge in [0.1, 0.15) is 0 Å². The van der Waals surface area contributed by atoms with E-state index in [1.807, 2.05) is 0 Å². The number of primary amides is 1. The summed E-state index contributed by atoms with van der Waals surface area (Å²) in [5, 5.41) is 0. The molecule has 1 aliphatic rings. The maximum absolute atomic E-state index is 11.2. The van der Waals surface area contributed by atoms with Gasteiger partial charge in [-0.05, 0) is 31.7 Å². The molecule has 1 saturated heterocycles. The third kappa shape index (κ3) is 4.94. The van der Waals surface area contributed by atoms with Crippen LogP contribution in [-0.4, -0.2) is 43.2 Å². The number of aryl methyl sites for hydroxylation is 1. The van der Waals surface area contributed by atoms with Gasteiger partial charge in [-0.2, -0.15) is 0 Å². The van der Waals surface area contributed by atoms with E-state index in [9.17, 15) is 4.79 Å². The lowest BCUT2D eigenvalue weighted by molar-refractivity contribution is -0.119. The smallest absolute Gasteiger partial charge is 0.231 e. The largest absolute Gasteiger partial charge is 0.377 e.